The highest BCUT2D eigenvalue weighted by Gasteiger charge is 2.07. The molecule has 20 heavy (non-hydrogen) atoms. The first kappa shape index (κ1) is 14.7. The fourth-order valence-electron chi connectivity index (χ4n) is 1.96. The molecule has 0 bridgehead atoms. The average molecular weight is 379 g/mol. The molecule has 4 heteroatoms. The van der Waals surface area contributed by atoms with Gasteiger partial charge in [-0.3, -0.25) is 4.79 Å². The summed E-state index contributed by atoms with van der Waals surface area (Å²) in [6.45, 7) is 2.86. The molecule has 1 aromatic heterocycles. The normalized spacial score (nSPS) is 10.1. The summed E-state index contributed by atoms with van der Waals surface area (Å²) in [4.78, 5) is 12.1. The Labute approximate surface area is 131 Å². The molecule has 0 atom stereocenters. The van der Waals surface area contributed by atoms with E-state index in [1.165, 1.54) is 0 Å². The van der Waals surface area contributed by atoms with Gasteiger partial charge in [0.1, 0.15) is 12.4 Å². The van der Waals surface area contributed by atoms with E-state index < -0.39 is 0 Å². The van der Waals surface area contributed by atoms with Gasteiger partial charge in [0.25, 0.3) is 5.56 Å². The molecular formula is C16H14INO2. The highest BCUT2D eigenvalue weighted by molar-refractivity contribution is 14.1. The number of ether oxygens (including phenoxy) is 1. The third kappa shape index (κ3) is 3.05. The van der Waals surface area contributed by atoms with E-state index in [2.05, 4.69) is 28.5 Å². The lowest BCUT2D eigenvalue weighted by Crippen LogP contribution is -2.22. The summed E-state index contributed by atoms with van der Waals surface area (Å²) >= 11 is 2.06. The first-order chi connectivity index (χ1) is 9.67. The van der Waals surface area contributed by atoms with Crippen molar-refractivity contribution in [2.24, 2.45) is 0 Å². The zero-order chi connectivity index (χ0) is 14.5. The second-order valence-corrected chi connectivity index (χ2v) is 5.30. The van der Waals surface area contributed by atoms with E-state index in [-0.39, 0.29) is 12.2 Å². The van der Waals surface area contributed by atoms with Gasteiger partial charge in [-0.05, 0) is 71.5 Å². The standard InChI is InChI=1S/C16H14INO2/c1-3-11-20-13-7-5-12(6-8-13)15-10-9-14(17)16(19)18(15)4-2/h1,5-10H,4,11H2,2H3. The fraction of sp³-hybridized carbons (Fsp3) is 0.188. The Hall–Kier alpha value is -1.74. The van der Waals surface area contributed by atoms with Gasteiger partial charge >= 0.3 is 0 Å². The summed E-state index contributed by atoms with van der Waals surface area (Å²) < 4.78 is 7.83. The summed E-state index contributed by atoms with van der Waals surface area (Å²) in [6, 6.07) is 11.4. The molecule has 0 radical (unpaired) electrons. The van der Waals surface area contributed by atoms with Crippen molar-refractivity contribution in [2.75, 3.05) is 6.61 Å². The van der Waals surface area contributed by atoms with Crippen LogP contribution in [0, 0.1) is 15.9 Å². The summed E-state index contributed by atoms with van der Waals surface area (Å²) in [7, 11) is 0. The molecule has 0 unspecified atom stereocenters. The number of halogens is 1. The van der Waals surface area contributed by atoms with E-state index in [0.29, 0.717) is 6.54 Å². The quantitative estimate of drug-likeness (QED) is 0.604. The second kappa shape index (κ2) is 6.62. The van der Waals surface area contributed by atoms with Crippen molar-refractivity contribution >= 4 is 22.6 Å². The zero-order valence-electron chi connectivity index (χ0n) is 11.1. The summed E-state index contributed by atoms with van der Waals surface area (Å²) in [5, 5.41) is 0. The van der Waals surface area contributed by atoms with Gasteiger partial charge in [-0.1, -0.05) is 5.92 Å². The molecule has 2 aromatic rings. The van der Waals surface area contributed by atoms with Gasteiger partial charge < -0.3 is 9.30 Å². The molecule has 0 aliphatic carbocycles. The smallest absolute Gasteiger partial charge is 0.264 e. The molecule has 1 heterocycles. The molecular weight excluding hydrogens is 365 g/mol. The SMILES string of the molecule is C#CCOc1ccc(-c2ccc(I)c(=O)n2CC)cc1. The third-order valence-corrected chi connectivity index (χ3v) is 3.74. The number of hydrogen-bond acceptors (Lipinski definition) is 2. The van der Waals surface area contributed by atoms with Crippen molar-refractivity contribution in [1.82, 2.24) is 4.57 Å². The molecule has 0 aliphatic heterocycles. The molecule has 2 rings (SSSR count). The second-order valence-electron chi connectivity index (χ2n) is 4.13. The first-order valence-corrected chi connectivity index (χ1v) is 7.31. The van der Waals surface area contributed by atoms with E-state index in [4.69, 9.17) is 11.2 Å². The van der Waals surface area contributed by atoms with Gasteiger partial charge in [-0.15, -0.1) is 6.42 Å². The highest BCUT2D eigenvalue weighted by Crippen LogP contribution is 2.22. The molecule has 3 nitrogen and oxygen atoms in total. The molecule has 0 spiro atoms. The topological polar surface area (TPSA) is 31.2 Å². The minimum Gasteiger partial charge on any atom is -0.481 e. The molecule has 102 valence electrons. The van der Waals surface area contributed by atoms with E-state index in [1.54, 1.807) is 4.57 Å². The predicted octanol–water partition coefficient (Wildman–Crippen LogP) is 3.15. The predicted molar refractivity (Wildman–Crippen MR) is 88.9 cm³/mol. The maximum atomic E-state index is 12.1. The maximum absolute atomic E-state index is 12.1. The lowest BCUT2D eigenvalue weighted by atomic mass is 10.1. The molecule has 0 saturated heterocycles. The van der Waals surface area contributed by atoms with Crippen LogP contribution in [-0.2, 0) is 6.54 Å². The monoisotopic (exact) mass is 379 g/mol. The lowest BCUT2D eigenvalue weighted by Gasteiger charge is -2.12. The van der Waals surface area contributed by atoms with Crippen LogP contribution in [0.15, 0.2) is 41.2 Å². The summed E-state index contributed by atoms with van der Waals surface area (Å²) in [6.07, 6.45) is 5.15. The first-order valence-electron chi connectivity index (χ1n) is 6.23. The van der Waals surface area contributed by atoms with Gasteiger partial charge in [-0.2, -0.15) is 0 Å². The number of rotatable bonds is 4. The molecule has 1 aromatic carbocycles. The van der Waals surface area contributed by atoms with E-state index in [9.17, 15) is 4.79 Å². The average Bonchev–Trinajstić information content (AvgIpc) is 2.48. The molecule has 0 fully saturated rings. The number of hydrogen-bond donors (Lipinski definition) is 0. The Morgan fingerprint density at radius 1 is 1.25 bits per heavy atom. The molecule has 0 amide bonds. The van der Waals surface area contributed by atoms with Crippen LogP contribution in [0.4, 0.5) is 0 Å². The summed E-state index contributed by atoms with van der Waals surface area (Å²) in [5.74, 6) is 3.15. The van der Waals surface area contributed by atoms with Crippen LogP contribution >= 0.6 is 22.6 Å². The number of terminal acetylenes is 1. The van der Waals surface area contributed by atoms with Gasteiger partial charge in [0.05, 0.1) is 9.26 Å². The van der Waals surface area contributed by atoms with Crippen LogP contribution in [0.25, 0.3) is 11.3 Å². The van der Waals surface area contributed by atoms with Gasteiger partial charge in [0, 0.05) is 6.54 Å². The van der Waals surface area contributed by atoms with Crippen LogP contribution in [0.1, 0.15) is 6.92 Å². The van der Waals surface area contributed by atoms with Crippen molar-refractivity contribution in [3.63, 3.8) is 0 Å². The van der Waals surface area contributed by atoms with E-state index >= 15 is 0 Å². The fourth-order valence-corrected chi connectivity index (χ4v) is 2.44. The van der Waals surface area contributed by atoms with Crippen molar-refractivity contribution in [1.29, 1.82) is 0 Å². The Kier molecular flexibility index (Phi) is 4.85. The molecule has 0 N–H and O–H groups in total. The summed E-state index contributed by atoms with van der Waals surface area (Å²) in [5.41, 5.74) is 1.92. The molecule has 0 aliphatic rings. The van der Waals surface area contributed by atoms with Gasteiger partial charge in [-0.25, -0.2) is 0 Å². The largest absolute Gasteiger partial charge is 0.481 e. The third-order valence-electron chi connectivity index (χ3n) is 2.92. The van der Waals surface area contributed by atoms with Crippen LogP contribution in [-0.4, -0.2) is 11.2 Å². The number of pyridine rings is 1. The van der Waals surface area contributed by atoms with Crippen molar-refractivity contribution in [2.45, 2.75) is 13.5 Å². The zero-order valence-corrected chi connectivity index (χ0v) is 13.3. The number of aromatic nitrogens is 1. The van der Waals surface area contributed by atoms with E-state index in [0.717, 1.165) is 20.6 Å². The van der Waals surface area contributed by atoms with Crippen molar-refractivity contribution in [3.05, 3.63) is 50.3 Å². The lowest BCUT2D eigenvalue weighted by molar-refractivity contribution is 0.370. The number of benzene rings is 1. The minimum absolute atomic E-state index is 0.0401. The van der Waals surface area contributed by atoms with Crippen molar-refractivity contribution < 1.29 is 4.74 Å². The Morgan fingerprint density at radius 3 is 2.55 bits per heavy atom. The maximum Gasteiger partial charge on any atom is 0.264 e. The molecule has 0 saturated carbocycles. The van der Waals surface area contributed by atoms with Gasteiger partial charge in [0.2, 0.25) is 0 Å². The minimum atomic E-state index is 0.0401. The van der Waals surface area contributed by atoms with E-state index in [1.807, 2.05) is 43.3 Å². The number of nitrogens with zero attached hydrogens (tertiary/aromatic N) is 1. The van der Waals surface area contributed by atoms with Crippen LogP contribution in [0.2, 0.25) is 0 Å². The van der Waals surface area contributed by atoms with Crippen LogP contribution in [0.3, 0.4) is 0 Å². The highest BCUT2D eigenvalue weighted by atomic mass is 127. The Morgan fingerprint density at radius 2 is 1.95 bits per heavy atom. The Balaban J connectivity index is 2.40. The van der Waals surface area contributed by atoms with Gasteiger partial charge in [0.15, 0.2) is 0 Å². The van der Waals surface area contributed by atoms with Crippen LogP contribution in [0.5, 0.6) is 5.75 Å². The van der Waals surface area contributed by atoms with Crippen molar-refractivity contribution in [3.8, 4) is 29.4 Å². The van der Waals surface area contributed by atoms with Crippen LogP contribution < -0.4 is 10.3 Å². The Bertz CT molecular complexity index is 696.